The SMILES string of the molecule is c1cnc2c(c1)ccc1ccc(-c3ccc4sc5cccc(-c6ccc7cnccc7c6)c5c4c3)nc12. The molecule has 0 aliphatic carbocycles. The molecule has 4 aromatic carbocycles. The van der Waals surface area contributed by atoms with E-state index in [0.717, 1.165) is 38.4 Å². The predicted octanol–water partition coefficient (Wildman–Crippen LogP) is 9.03. The molecule has 0 saturated heterocycles. The minimum absolute atomic E-state index is 0.942. The van der Waals surface area contributed by atoms with Crippen LogP contribution in [0.25, 0.3) is 75.1 Å². The van der Waals surface area contributed by atoms with E-state index in [0.29, 0.717) is 0 Å². The fourth-order valence-corrected chi connectivity index (χ4v) is 6.47. The second-order valence-corrected chi connectivity index (χ2v) is 10.4. The van der Waals surface area contributed by atoms with Gasteiger partial charge in [-0.3, -0.25) is 9.97 Å². The van der Waals surface area contributed by atoms with Gasteiger partial charge in [0.1, 0.15) is 0 Å². The number of aromatic nitrogens is 3. The third-order valence-electron chi connectivity index (χ3n) is 7.17. The Kier molecular flexibility index (Phi) is 4.39. The number of hydrogen-bond donors (Lipinski definition) is 0. The van der Waals surface area contributed by atoms with E-state index in [1.807, 2.05) is 36.0 Å². The smallest absolute Gasteiger partial charge is 0.0972 e. The minimum atomic E-state index is 0.942. The van der Waals surface area contributed by atoms with E-state index in [1.54, 1.807) is 0 Å². The molecule has 8 aromatic rings. The first-order valence-electron chi connectivity index (χ1n) is 12.3. The van der Waals surface area contributed by atoms with Crippen LogP contribution in [0, 0.1) is 0 Å². The molecule has 0 amide bonds. The molecular formula is C33H19N3S. The van der Waals surface area contributed by atoms with Gasteiger partial charge in [-0.2, -0.15) is 0 Å². The lowest BCUT2D eigenvalue weighted by Gasteiger charge is -2.08. The standard InChI is InChI=1S/C33H19N3S/c1-4-26(23-8-9-25-19-34-16-14-22(25)17-23)31-27-18-24(11-13-29(27)37-30(31)5-1)28-12-10-21-7-6-20-3-2-15-35-32(20)33(21)36-28/h1-19H. The third-order valence-corrected chi connectivity index (χ3v) is 8.31. The molecule has 0 atom stereocenters. The minimum Gasteiger partial charge on any atom is -0.264 e. The summed E-state index contributed by atoms with van der Waals surface area (Å²) in [5, 5.41) is 7.12. The van der Waals surface area contributed by atoms with Crippen molar-refractivity contribution in [3.63, 3.8) is 0 Å². The molecule has 8 rings (SSSR count). The van der Waals surface area contributed by atoms with Gasteiger partial charge in [-0.25, -0.2) is 4.98 Å². The largest absolute Gasteiger partial charge is 0.264 e. The number of hydrogen-bond acceptors (Lipinski definition) is 4. The summed E-state index contributed by atoms with van der Waals surface area (Å²) in [5.74, 6) is 0. The van der Waals surface area contributed by atoms with Gasteiger partial charge in [-0.15, -0.1) is 11.3 Å². The van der Waals surface area contributed by atoms with Crippen LogP contribution in [-0.4, -0.2) is 15.0 Å². The van der Waals surface area contributed by atoms with Gasteiger partial charge in [0.2, 0.25) is 0 Å². The normalized spacial score (nSPS) is 11.8. The Morgan fingerprint density at radius 3 is 2.41 bits per heavy atom. The molecule has 37 heavy (non-hydrogen) atoms. The first kappa shape index (κ1) is 20.5. The van der Waals surface area contributed by atoms with Gasteiger partial charge in [0.15, 0.2) is 0 Å². The van der Waals surface area contributed by atoms with Crippen LogP contribution in [0.3, 0.4) is 0 Å². The van der Waals surface area contributed by atoms with E-state index in [-0.39, 0.29) is 0 Å². The molecular weight excluding hydrogens is 470 g/mol. The molecule has 0 saturated carbocycles. The number of fused-ring (bicyclic) bond motifs is 7. The summed E-state index contributed by atoms with van der Waals surface area (Å²) >= 11 is 1.84. The van der Waals surface area contributed by atoms with Crippen molar-refractivity contribution in [2.45, 2.75) is 0 Å². The zero-order valence-corrected chi connectivity index (χ0v) is 20.5. The van der Waals surface area contributed by atoms with E-state index in [2.05, 4.69) is 101 Å². The molecule has 0 fully saturated rings. The highest BCUT2D eigenvalue weighted by Gasteiger charge is 2.13. The lowest BCUT2D eigenvalue weighted by molar-refractivity contribution is 1.36. The molecule has 0 bridgehead atoms. The second-order valence-electron chi connectivity index (χ2n) is 9.34. The van der Waals surface area contributed by atoms with Gasteiger partial charge in [-0.05, 0) is 59.0 Å². The highest BCUT2D eigenvalue weighted by atomic mass is 32.1. The van der Waals surface area contributed by atoms with Crippen molar-refractivity contribution < 1.29 is 0 Å². The van der Waals surface area contributed by atoms with E-state index in [4.69, 9.17) is 4.98 Å². The van der Waals surface area contributed by atoms with E-state index >= 15 is 0 Å². The van der Waals surface area contributed by atoms with Crippen molar-refractivity contribution in [1.82, 2.24) is 15.0 Å². The number of nitrogens with zero attached hydrogens (tertiary/aromatic N) is 3. The van der Waals surface area contributed by atoms with Gasteiger partial charge < -0.3 is 0 Å². The molecule has 0 radical (unpaired) electrons. The Morgan fingerprint density at radius 2 is 1.43 bits per heavy atom. The molecule has 4 aromatic heterocycles. The molecule has 4 heteroatoms. The Morgan fingerprint density at radius 1 is 0.568 bits per heavy atom. The highest BCUT2D eigenvalue weighted by molar-refractivity contribution is 7.26. The molecule has 0 aliphatic rings. The fourth-order valence-electron chi connectivity index (χ4n) is 5.36. The summed E-state index contributed by atoms with van der Waals surface area (Å²) in [6.45, 7) is 0. The number of thiophene rings is 1. The zero-order chi connectivity index (χ0) is 24.3. The summed E-state index contributed by atoms with van der Waals surface area (Å²) in [7, 11) is 0. The first-order valence-corrected chi connectivity index (χ1v) is 13.1. The highest BCUT2D eigenvalue weighted by Crippen LogP contribution is 2.42. The lowest BCUT2D eigenvalue weighted by atomic mass is 9.97. The number of benzene rings is 4. The maximum absolute atomic E-state index is 5.09. The van der Waals surface area contributed by atoms with Gasteiger partial charge >= 0.3 is 0 Å². The number of pyridine rings is 3. The Bertz CT molecular complexity index is 2160. The van der Waals surface area contributed by atoms with Crippen molar-refractivity contribution in [1.29, 1.82) is 0 Å². The van der Waals surface area contributed by atoms with Gasteiger partial charge in [0.05, 0.1) is 16.7 Å². The van der Waals surface area contributed by atoms with Gasteiger partial charge in [0, 0.05) is 60.5 Å². The average molecular weight is 490 g/mol. The molecule has 172 valence electrons. The van der Waals surface area contributed by atoms with E-state index in [9.17, 15) is 0 Å². The van der Waals surface area contributed by atoms with Crippen LogP contribution in [0.5, 0.6) is 0 Å². The van der Waals surface area contributed by atoms with Crippen LogP contribution in [0.2, 0.25) is 0 Å². The van der Waals surface area contributed by atoms with Crippen LogP contribution in [0.1, 0.15) is 0 Å². The summed E-state index contributed by atoms with van der Waals surface area (Å²) in [6.07, 6.45) is 5.61. The van der Waals surface area contributed by atoms with Crippen molar-refractivity contribution in [3.05, 3.63) is 116 Å². The van der Waals surface area contributed by atoms with Crippen LogP contribution in [0.15, 0.2) is 116 Å². The summed E-state index contributed by atoms with van der Waals surface area (Å²) in [4.78, 5) is 14.0. The molecule has 0 aliphatic heterocycles. The molecule has 3 nitrogen and oxygen atoms in total. The third kappa shape index (κ3) is 3.23. The topological polar surface area (TPSA) is 38.7 Å². The summed E-state index contributed by atoms with van der Waals surface area (Å²) < 4.78 is 2.57. The lowest BCUT2D eigenvalue weighted by Crippen LogP contribution is -1.88. The van der Waals surface area contributed by atoms with E-state index < -0.39 is 0 Å². The van der Waals surface area contributed by atoms with Crippen LogP contribution < -0.4 is 0 Å². The maximum atomic E-state index is 5.09. The summed E-state index contributed by atoms with van der Waals surface area (Å²) in [5.41, 5.74) is 6.43. The number of rotatable bonds is 2. The molecule has 0 spiro atoms. The Labute approximate surface area is 216 Å². The monoisotopic (exact) mass is 489 g/mol. The quantitative estimate of drug-likeness (QED) is 0.227. The van der Waals surface area contributed by atoms with Crippen molar-refractivity contribution in [2.24, 2.45) is 0 Å². The molecule has 0 N–H and O–H groups in total. The van der Waals surface area contributed by atoms with E-state index in [1.165, 1.54) is 36.7 Å². The Hall–Kier alpha value is -4.67. The maximum Gasteiger partial charge on any atom is 0.0972 e. The predicted molar refractivity (Wildman–Crippen MR) is 156 cm³/mol. The average Bonchev–Trinajstić information content (AvgIpc) is 3.35. The molecule has 4 heterocycles. The van der Waals surface area contributed by atoms with Crippen molar-refractivity contribution in [2.75, 3.05) is 0 Å². The second kappa shape index (κ2) is 7.92. The first-order chi connectivity index (χ1) is 18.3. The molecule has 0 unspecified atom stereocenters. The van der Waals surface area contributed by atoms with Gasteiger partial charge in [0.25, 0.3) is 0 Å². The fraction of sp³-hybridized carbons (Fsp3) is 0. The van der Waals surface area contributed by atoms with Gasteiger partial charge in [-0.1, -0.05) is 54.6 Å². The van der Waals surface area contributed by atoms with Crippen molar-refractivity contribution >= 4 is 64.1 Å². The Balaban J connectivity index is 1.35. The summed E-state index contributed by atoms with van der Waals surface area (Å²) in [6, 6.07) is 34.6. The van der Waals surface area contributed by atoms with Crippen LogP contribution >= 0.6 is 11.3 Å². The van der Waals surface area contributed by atoms with Crippen LogP contribution in [0.4, 0.5) is 0 Å². The van der Waals surface area contributed by atoms with Crippen LogP contribution in [-0.2, 0) is 0 Å². The van der Waals surface area contributed by atoms with Crippen molar-refractivity contribution in [3.8, 4) is 22.4 Å². The zero-order valence-electron chi connectivity index (χ0n) is 19.7.